The van der Waals surface area contributed by atoms with Gasteiger partial charge in [-0.15, -0.1) is 0 Å². The van der Waals surface area contributed by atoms with Gasteiger partial charge < -0.3 is 15.2 Å². The maximum absolute atomic E-state index is 11.2. The molecule has 0 aliphatic carbocycles. The van der Waals surface area contributed by atoms with Crippen LogP contribution in [0, 0.1) is 6.92 Å². The van der Waals surface area contributed by atoms with E-state index in [4.69, 9.17) is 4.52 Å². The highest BCUT2D eigenvalue weighted by molar-refractivity contribution is 5.73. The lowest BCUT2D eigenvalue weighted by atomic mass is 10.4. The third-order valence-electron chi connectivity index (χ3n) is 1.53. The SMILES string of the molecule is Cc1cc(CNC(=O)NC(C)C)no1. The van der Waals surface area contributed by atoms with E-state index >= 15 is 0 Å². The van der Waals surface area contributed by atoms with Crippen molar-refractivity contribution in [2.75, 3.05) is 0 Å². The molecule has 0 aromatic carbocycles. The first-order valence-electron chi connectivity index (χ1n) is 4.54. The summed E-state index contributed by atoms with van der Waals surface area (Å²) < 4.78 is 4.86. The van der Waals surface area contributed by atoms with E-state index in [0.717, 1.165) is 11.5 Å². The van der Waals surface area contributed by atoms with Gasteiger partial charge >= 0.3 is 6.03 Å². The standard InChI is InChI=1S/C9H15N3O2/c1-6(2)11-9(13)10-5-8-4-7(3)14-12-8/h4,6H,5H2,1-3H3,(H2,10,11,13). The number of urea groups is 1. The van der Waals surface area contributed by atoms with Crippen molar-refractivity contribution in [3.63, 3.8) is 0 Å². The molecule has 0 aliphatic rings. The van der Waals surface area contributed by atoms with Crippen LogP contribution in [0.15, 0.2) is 10.6 Å². The van der Waals surface area contributed by atoms with Crippen LogP contribution in [-0.2, 0) is 6.54 Å². The van der Waals surface area contributed by atoms with Crippen molar-refractivity contribution in [2.24, 2.45) is 0 Å². The zero-order valence-electron chi connectivity index (χ0n) is 8.63. The molecule has 0 spiro atoms. The van der Waals surface area contributed by atoms with Crippen molar-refractivity contribution in [3.8, 4) is 0 Å². The van der Waals surface area contributed by atoms with Crippen molar-refractivity contribution in [2.45, 2.75) is 33.4 Å². The number of nitrogens with zero attached hydrogens (tertiary/aromatic N) is 1. The van der Waals surface area contributed by atoms with Gasteiger partial charge in [-0.05, 0) is 20.8 Å². The Kier molecular flexibility index (Phi) is 3.50. The predicted octanol–water partition coefficient (Wildman–Crippen LogP) is 1.19. The zero-order valence-corrected chi connectivity index (χ0v) is 8.63. The lowest BCUT2D eigenvalue weighted by molar-refractivity contribution is 0.238. The van der Waals surface area contributed by atoms with Crippen LogP contribution < -0.4 is 10.6 Å². The average molecular weight is 197 g/mol. The monoisotopic (exact) mass is 197 g/mol. The maximum Gasteiger partial charge on any atom is 0.315 e. The number of amides is 2. The normalized spacial score (nSPS) is 10.3. The summed E-state index contributed by atoms with van der Waals surface area (Å²) in [5.74, 6) is 0.742. The zero-order chi connectivity index (χ0) is 10.6. The molecule has 0 aliphatic heterocycles. The van der Waals surface area contributed by atoms with Crippen LogP contribution >= 0.6 is 0 Å². The van der Waals surface area contributed by atoms with Gasteiger partial charge in [0.15, 0.2) is 0 Å². The molecular weight excluding hydrogens is 182 g/mol. The molecule has 0 atom stereocenters. The van der Waals surface area contributed by atoms with Crippen molar-refractivity contribution < 1.29 is 9.32 Å². The summed E-state index contributed by atoms with van der Waals surface area (Å²) in [7, 11) is 0. The van der Waals surface area contributed by atoms with Gasteiger partial charge in [-0.2, -0.15) is 0 Å². The van der Waals surface area contributed by atoms with Crippen LogP contribution in [-0.4, -0.2) is 17.2 Å². The predicted molar refractivity (Wildman–Crippen MR) is 51.7 cm³/mol. The van der Waals surface area contributed by atoms with Crippen LogP contribution in [0.5, 0.6) is 0 Å². The third kappa shape index (κ3) is 3.47. The fourth-order valence-corrected chi connectivity index (χ4v) is 0.985. The molecule has 2 amide bonds. The molecule has 5 heteroatoms. The minimum absolute atomic E-state index is 0.133. The first-order chi connectivity index (χ1) is 6.58. The Morgan fingerprint density at radius 2 is 2.36 bits per heavy atom. The van der Waals surface area contributed by atoms with E-state index in [1.54, 1.807) is 6.07 Å². The Bertz CT molecular complexity index is 307. The number of aromatic nitrogens is 1. The number of aryl methyl sites for hydroxylation is 1. The number of rotatable bonds is 3. The van der Waals surface area contributed by atoms with E-state index in [2.05, 4.69) is 15.8 Å². The van der Waals surface area contributed by atoms with Crippen LogP contribution in [0.3, 0.4) is 0 Å². The van der Waals surface area contributed by atoms with E-state index in [1.165, 1.54) is 0 Å². The molecule has 1 aromatic rings. The number of carbonyl (C=O) groups is 1. The minimum atomic E-state index is -0.194. The first kappa shape index (κ1) is 10.6. The third-order valence-corrected chi connectivity index (χ3v) is 1.53. The molecule has 2 N–H and O–H groups in total. The molecular formula is C9H15N3O2. The molecule has 78 valence electrons. The molecule has 0 saturated heterocycles. The van der Waals surface area contributed by atoms with E-state index < -0.39 is 0 Å². The molecule has 5 nitrogen and oxygen atoms in total. The van der Waals surface area contributed by atoms with Gasteiger partial charge in [-0.3, -0.25) is 0 Å². The Balaban J connectivity index is 2.30. The first-order valence-corrected chi connectivity index (χ1v) is 4.54. The van der Waals surface area contributed by atoms with E-state index in [1.807, 2.05) is 20.8 Å². The molecule has 0 radical (unpaired) electrons. The molecule has 1 rings (SSSR count). The summed E-state index contributed by atoms with van der Waals surface area (Å²) in [4.78, 5) is 11.2. The highest BCUT2D eigenvalue weighted by atomic mass is 16.5. The average Bonchev–Trinajstić information content (AvgIpc) is 2.47. The quantitative estimate of drug-likeness (QED) is 0.764. The summed E-state index contributed by atoms with van der Waals surface area (Å²) in [5.41, 5.74) is 0.724. The second-order valence-corrected chi connectivity index (χ2v) is 3.41. The minimum Gasteiger partial charge on any atom is -0.361 e. The number of nitrogens with one attached hydrogen (secondary N) is 2. The van der Waals surface area contributed by atoms with Crippen molar-refractivity contribution in [1.82, 2.24) is 15.8 Å². The topological polar surface area (TPSA) is 67.2 Å². The van der Waals surface area contributed by atoms with Crippen LogP contribution in [0.4, 0.5) is 4.79 Å². The second-order valence-electron chi connectivity index (χ2n) is 3.41. The summed E-state index contributed by atoms with van der Waals surface area (Å²) >= 11 is 0. The Labute approximate surface area is 82.8 Å². The number of carbonyl (C=O) groups excluding carboxylic acids is 1. The van der Waals surface area contributed by atoms with Crippen molar-refractivity contribution in [3.05, 3.63) is 17.5 Å². The Morgan fingerprint density at radius 3 is 2.86 bits per heavy atom. The molecule has 1 aromatic heterocycles. The fraction of sp³-hybridized carbons (Fsp3) is 0.556. The van der Waals surface area contributed by atoms with Gasteiger partial charge in [0.25, 0.3) is 0 Å². The molecule has 1 heterocycles. The molecule has 0 bridgehead atoms. The lowest BCUT2D eigenvalue weighted by Crippen LogP contribution is -2.39. The summed E-state index contributed by atoms with van der Waals surface area (Å²) in [5, 5.41) is 9.13. The van der Waals surface area contributed by atoms with Crippen molar-refractivity contribution in [1.29, 1.82) is 0 Å². The van der Waals surface area contributed by atoms with Crippen molar-refractivity contribution >= 4 is 6.03 Å². The van der Waals surface area contributed by atoms with Gasteiger partial charge in [0.05, 0.1) is 6.54 Å². The summed E-state index contributed by atoms with van der Waals surface area (Å²) in [6, 6.07) is 1.73. The van der Waals surface area contributed by atoms with E-state index in [-0.39, 0.29) is 12.1 Å². The second kappa shape index (κ2) is 4.64. The van der Waals surface area contributed by atoms with Gasteiger partial charge in [0.1, 0.15) is 11.5 Å². The highest BCUT2D eigenvalue weighted by Gasteiger charge is 2.04. The Morgan fingerprint density at radius 1 is 1.64 bits per heavy atom. The molecule has 0 unspecified atom stereocenters. The largest absolute Gasteiger partial charge is 0.361 e. The molecule has 14 heavy (non-hydrogen) atoms. The van der Waals surface area contributed by atoms with Gasteiger partial charge in [-0.25, -0.2) is 4.79 Å². The number of hydrogen-bond donors (Lipinski definition) is 2. The number of hydrogen-bond acceptors (Lipinski definition) is 3. The van der Waals surface area contributed by atoms with Crippen LogP contribution in [0.25, 0.3) is 0 Å². The summed E-state index contributed by atoms with van der Waals surface area (Å²) in [6.45, 7) is 6.00. The highest BCUT2D eigenvalue weighted by Crippen LogP contribution is 2.00. The van der Waals surface area contributed by atoms with Crippen LogP contribution in [0.1, 0.15) is 25.3 Å². The van der Waals surface area contributed by atoms with Gasteiger partial charge in [0, 0.05) is 12.1 Å². The van der Waals surface area contributed by atoms with Crippen LogP contribution in [0.2, 0.25) is 0 Å². The lowest BCUT2D eigenvalue weighted by Gasteiger charge is -2.08. The fourth-order valence-electron chi connectivity index (χ4n) is 0.985. The smallest absolute Gasteiger partial charge is 0.315 e. The van der Waals surface area contributed by atoms with Gasteiger partial charge in [-0.1, -0.05) is 5.16 Å². The van der Waals surface area contributed by atoms with E-state index in [0.29, 0.717) is 6.54 Å². The summed E-state index contributed by atoms with van der Waals surface area (Å²) in [6.07, 6.45) is 0. The van der Waals surface area contributed by atoms with E-state index in [9.17, 15) is 4.79 Å². The maximum atomic E-state index is 11.2. The molecule has 0 saturated carbocycles. The van der Waals surface area contributed by atoms with Gasteiger partial charge in [0.2, 0.25) is 0 Å². The molecule has 0 fully saturated rings. The Hall–Kier alpha value is -1.52.